The van der Waals surface area contributed by atoms with Gasteiger partial charge >= 0.3 is 0 Å². The zero-order valence-corrected chi connectivity index (χ0v) is 11.9. The molecule has 0 saturated carbocycles. The molecule has 0 N–H and O–H groups in total. The number of hydrogen-bond donors (Lipinski definition) is 0. The average Bonchev–Trinajstić information content (AvgIpc) is 2.43. The molecule has 1 aliphatic rings. The van der Waals surface area contributed by atoms with Crippen LogP contribution in [0, 0.1) is 5.41 Å². The molecular formula is C17H26. The lowest BCUT2D eigenvalue weighted by molar-refractivity contribution is 0.332. The Morgan fingerprint density at radius 3 is 2.18 bits per heavy atom. The first-order valence-corrected chi connectivity index (χ1v) is 7.19. The van der Waals surface area contributed by atoms with E-state index in [4.69, 9.17) is 0 Å². The maximum absolute atomic E-state index is 2.50. The summed E-state index contributed by atoms with van der Waals surface area (Å²) < 4.78 is 0. The van der Waals surface area contributed by atoms with E-state index < -0.39 is 0 Å². The third-order valence-corrected chi connectivity index (χ3v) is 4.25. The van der Waals surface area contributed by atoms with Crippen molar-refractivity contribution in [2.24, 2.45) is 5.41 Å². The molecular weight excluding hydrogens is 204 g/mol. The Morgan fingerprint density at radius 1 is 1.00 bits per heavy atom. The Morgan fingerprint density at radius 2 is 1.59 bits per heavy atom. The summed E-state index contributed by atoms with van der Waals surface area (Å²) in [5.74, 6) is 0. The fourth-order valence-corrected chi connectivity index (χ4v) is 3.21. The van der Waals surface area contributed by atoms with Crippen molar-refractivity contribution in [3.05, 3.63) is 34.4 Å². The molecule has 1 aliphatic carbocycles. The van der Waals surface area contributed by atoms with Gasteiger partial charge in [0.15, 0.2) is 0 Å². The first-order valence-electron chi connectivity index (χ1n) is 7.19. The van der Waals surface area contributed by atoms with Gasteiger partial charge in [-0.05, 0) is 66.2 Å². The molecule has 17 heavy (non-hydrogen) atoms. The van der Waals surface area contributed by atoms with Crippen molar-refractivity contribution in [1.82, 2.24) is 0 Å². The van der Waals surface area contributed by atoms with Gasteiger partial charge in [-0.1, -0.05) is 39.8 Å². The average molecular weight is 230 g/mol. The van der Waals surface area contributed by atoms with Crippen LogP contribution in [0.4, 0.5) is 0 Å². The number of fused-ring (bicyclic) bond motifs is 1. The van der Waals surface area contributed by atoms with Gasteiger partial charge in [0.05, 0.1) is 0 Å². The first-order chi connectivity index (χ1) is 8.05. The van der Waals surface area contributed by atoms with E-state index in [1.807, 2.05) is 0 Å². The third kappa shape index (κ3) is 2.73. The predicted octanol–water partition coefficient (Wildman–Crippen LogP) is 4.72. The quantitative estimate of drug-likeness (QED) is 0.645. The highest BCUT2D eigenvalue weighted by Crippen LogP contribution is 2.34. The van der Waals surface area contributed by atoms with Crippen LogP contribution >= 0.6 is 0 Å². The monoisotopic (exact) mass is 230 g/mol. The highest BCUT2D eigenvalue weighted by Gasteiger charge is 2.23. The van der Waals surface area contributed by atoms with Crippen molar-refractivity contribution >= 4 is 0 Å². The summed E-state index contributed by atoms with van der Waals surface area (Å²) in [6.45, 7) is 9.40. The molecule has 1 aromatic rings. The molecule has 0 spiro atoms. The Bertz CT molecular complexity index is 399. The van der Waals surface area contributed by atoms with Gasteiger partial charge in [0.1, 0.15) is 0 Å². The number of aryl methyl sites for hydroxylation is 3. The number of benzene rings is 1. The maximum atomic E-state index is 2.50. The van der Waals surface area contributed by atoms with Crippen LogP contribution < -0.4 is 0 Å². The van der Waals surface area contributed by atoms with Gasteiger partial charge in [0.2, 0.25) is 0 Å². The summed E-state index contributed by atoms with van der Waals surface area (Å²) in [5, 5.41) is 0. The van der Waals surface area contributed by atoms with E-state index in [0.717, 1.165) is 0 Å². The lowest BCUT2D eigenvalue weighted by atomic mass is 9.82. The molecule has 0 atom stereocenters. The van der Waals surface area contributed by atoms with Crippen LogP contribution in [0.1, 0.15) is 62.8 Å². The summed E-state index contributed by atoms with van der Waals surface area (Å²) in [6, 6.07) is 5.00. The van der Waals surface area contributed by atoms with Gasteiger partial charge in [-0.15, -0.1) is 0 Å². The lowest BCUT2D eigenvalue weighted by Crippen LogP contribution is -2.13. The van der Waals surface area contributed by atoms with Crippen LogP contribution in [0.15, 0.2) is 12.1 Å². The van der Waals surface area contributed by atoms with Gasteiger partial charge in [0.25, 0.3) is 0 Å². The van der Waals surface area contributed by atoms with Crippen LogP contribution in [0.25, 0.3) is 0 Å². The molecule has 0 heterocycles. The van der Waals surface area contributed by atoms with Crippen molar-refractivity contribution in [3.63, 3.8) is 0 Å². The van der Waals surface area contributed by atoms with Gasteiger partial charge in [0, 0.05) is 0 Å². The topological polar surface area (TPSA) is 0 Å². The number of hydrogen-bond acceptors (Lipinski definition) is 0. The second kappa shape index (κ2) is 4.84. The maximum Gasteiger partial charge on any atom is -0.0224 e. The van der Waals surface area contributed by atoms with E-state index in [0.29, 0.717) is 5.41 Å². The summed E-state index contributed by atoms with van der Waals surface area (Å²) in [4.78, 5) is 0. The SMILES string of the molecule is CCc1cc2c(cc1CC)CC(C)(C)CCC2. The van der Waals surface area contributed by atoms with Crippen LogP contribution in [-0.2, 0) is 25.7 Å². The van der Waals surface area contributed by atoms with Crippen molar-refractivity contribution in [2.45, 2.75) is 66.2 Å². The van der Waals surface area contributed by atoms with Crippen molar-refractivity contribution < 1.29 is 0 Å². The summed E-state index contributed by atoms with van der Waals surface area (Å²) in [5.41, 5.74) is 6.89. The molecule has 0 saturated heterocycles. The second-order valence-electron chi connectivity index (χ2n) is 6.29. The van der Waals surface area contributed by atoms with Gasteiger partial charge in [-0.3, -0.25) is 0 Å². The summed E-state index contributed by atoms with van der Waals surface area (Å²) in [6.07, 6.45) is 7.63. The Labute approximate surface area is 106 Å². The Hall–Kier alpha value is -0.780. The lowest BCUT2D eigenvalue weighted by Gasteiger charge is -2.23. The highest BCUT2D eigenvalue weighted by molar-refractivity contribution is 5.40. The largest absolute Gasteiger partial charge is 0.0613 e. The molecule has 0 heteroatoms. The molecule has 0 unspecified atom stereocenters. The van der Waals surface area contributed by atoms with E-state index in [1.54, 1.807) is 22.3 Å². The minimum Gasteiger partial charge on any atom is -0.0613 e. The van der Waals surface area contributed by atoms with Crippen LogP contribution in [-0.4, -0.2) is 0 Å². The van der Waals surface area contributed by atoms with Crippen LogP contribution in [0.2, 0.25) is 0 Å². The van der Waals surface area contributed by atoms with Gasteiger partial charge < -0.3 is 0 Å². The summed E-state index contributed by atoms with van der Waals surface area (Å²) >= 11 is 0. The molecule has 94 valence electrons. The summed E-state index contributed by atoms with van der Waals surface area (Å²) in [7, 11) is 0. The van der Waals surface area contributed by atoms with Crippen LogP contribution in [0.3, 0.4) is 0 Å². The standard InChI is InChI=1S/C17H26/c1-5-13-10-15-8-7-9-17(3,4)12-16(15)11-14(13)6-2/h10-11H,5-9,12H2,1-4H3. The molecule has 0 nitrogen and oxygen atoms in total. The molecule has 2 rings (SSSR count). The van der Waals surface area contributed by atoms with Gasteiger partial charge in [-0.25, -0.2) is 0 Å². The number of rotatable bonds is 2. The minimum absolute atomic E-state index is 0.490. The fraction of sp³-hybridized carbons (Fsp3) is 0.647. The molecule has 0 fully saturated rings. The van der Waals surface area contributed by atoms with Crippen molar-refractivity contribution in [2.75, 3.05) is 0 Å². The van der Waals surface area contributed by atoms with E-state index in [1.165, 1.54) is 38.5 Å². The van der Waals surface area contributed by atoms with E-state index in [9.17, 15) is 0 Å². The minimum atomic E-state index is 0.490. The zero-order chi connectivity index (χ0) is 12.5. The molecule has 0 aromatic heterocycles. The molecule has 0 radical (unpaired) electrons. The van der Waals surface area contributed by atoms with Crippen molar-refractivity contribution in [3.8, 4) is 0 Å². The van der Waals surface area contributed by atoms with Gasteiger partial charge in [-0.2, -0.15) is 0 Å². The molecule has 0 amide bonds. The second-order valence-corrected chi connectivity index (χ2v) is 6.29. The Balaban J connectivity index is 2.43. The molecule has 0 bridgehead atoms. The predicted molar refractivity (Wildman–Crippen MR) is 75.6 cm³/mol. The van der Waals surface area contributed by atoms with Crippen LogP contribution in [0.5, 0.6) is 0 Å². The third-order valence-electron chi connectivity index (χ3n) is 4.25. The molecule has 1 aromatic carbocycles. The zero-order valence-electron chi connectivity index (χ0n) is 11.9. The first kappa shape index (κ1) is 12.7. The smallest absolute Gasteiger partial charge is 0.0224 e. The van der Waals surface area contributed by atoms with E-state index >= 15 is 0 Å². The molecule has 0 aliphatic heterocycles. The van der Waals surface area contributed by atoms with E-state index in [2.05, 4.69) is 39.8 Å². The normalized spacial score (nSPS) is 18.6. The Kier molecular flexibility index (Phi) is 3.61. The highest BCUT2D eigenvalue weighted by atomic mass is 14.3. The fourth-order valence-electron chi connectivity index (χ4n) is 3.21. The van der Waals surface area contributed by atoms with E-state index in [-0.39, 0.29) is 0 Å². The van der Waals surface area contributed by atoms with Crippen molar-refractivity contribution in [1.29, 1.82) is 0 Å².